The van der Waals surface area contributed by atoms with Crippen molar-refractivity contribution in [3.63, 3.8) is 0 Å². The maximum Gasteiger partial charge on any atom is 0.0745 e. The van der Waals surface area contributed by atoms with Gasteiger partial charge in [0.05, 0.1) is 12.7 Å². The van der Waals surface area contributed by atoms with Gasteiger partial charge in [-0.1, -0.05) is 84.4 Å². The highest BCUT2D eigenvalue weighted by Gasteiger charge is 1.87. The molecule has 0 aliphatic heterocycles. The molecule has 0 aromatic heterocycles. The number of aliphatic hydroxyl groups excluding tert-OH is 1. The first-order valence-electron chi connectivity index (χ1n) is 7.35. The Kier molecular flexibility index (Phi) is 50.5. The number of hydrogen-bond acceptors (Lipinski definition) is 2. The Balaban J connectivity index is -0.0000000817. The summed E-state index contributed by atoms with van der Waals surface area (Å²) < 4.78 is 4.55. The summed E-state index contributed by atoms with van der Waals surface area (Å²) in [5.74, 6) is 0. The lowest BCUT2D eigenvalue weighted by Crippen LogP contribution is -2.07. The largest absolute Gasteiger partial charge is 0.391 e. The second-order valence-corrected chi connectivity index (χ2v) is 3.17. The fourth-order valence-electron chi connectivity index (χ4n) is 0.626. The summed E-state index contributed by atoms with van der Waals surface area (Å²) in [7, 11) is 1.56. The van der Waals surface area contributed by atoms with Crippen molar-refractivity contribution in [3.05, 3.63) is 36.4 Å². The summed E-state index contributed by atoms with van der Waals surface area (Å²) in [6, 6.07) is 12.0. The Morgan fingerprint density at radius 2 is 1.05 bits per heavy atom. The maximum absolute atomic E-state index is 8.43. The van der Waals surface area contributed by atoms with Crippen molar-refractivity contribution in [3.8, 4) is 0 Å². The van der Waals surface area contributed by atoms with Gasteiger partial charge >= 0.3 is 0 Å². The fourth-order valence-corrected chi connectivity index (χ4v) is 0.626. The fraction of sp³-hybridized carbons (Fsp3) is 0.647. The van der Waals surface area contributed by atoms with E-state index in [0.29, 0.717) is 6.61 Å². The number of benzene rings is 1. The molecule has 1 aromatic carbocycles. The molecule has 2 nitrogen and oxygen atoms in total. The molecule has 1 atom stereocenters. The first-order valence-corrected chi connectivity index (χ1v) is 7.35. The molecule has 0 spiro atoms. The zero-order valence-corrected chi connectivity index (χ0v) is 14.3. The summed E-state index contributed by atoms with van der Waals surface area (Å²) in [6.07, 6.45) is 0.926. The highest BCUT2D eigenvalue weighted by atomic mass is 16.5. The standard InChI is InChI=1S/C6H6.C4H10O2.C3H8.2C2H6/c1-2-4-6-5-3-1;1-4(5)3-6-2;1-3-2;2*1-2/h1-6H;4-5H,3H2,1-2H3;3H2,1-2H3;2*1-2H3. The first-order chi connectivity index (χ1) is 9.18. The Hall–Kier alpha value is -0.860. The highest BCUT2D eigenvalue weighted by molar-refractivity contribution is 4.99. The van der Waals surface area contributed by atoms with Gasteiger partial charge in [-0.25, -0.2) is 0 Å². The van der Waals surface area contributed by atoms with Crippen molar-refractivity contribution in [1.82, 2.24) is 0 Å². The minimum Gasteiger partial charge on any atom is -0.391 e. The molecule has 2 heteroatoms. The Bertz CT molecular complexity index is 147. The second kappa shape index (κ2) is 36.0. The molecule has 0 aliphatic carbocycles. The van der Waals surface area contributed by atoms with Crippen LogP contribution in [0.4, 0.5) is 0 Å². The lowest BCUT2D eigenvalue weighted by molar-refractivity contribution is 0.0765. The molecule has 0 saturated heterocycles. The van der Waals surface area contributed by atoms with E-state index in [2.05, 4.69) is 18.6 Å². The molecule has 0 amide bonds. The van der Waals surface area contributed by atoms with Gasteiger partial charge < -0.3 is 9.84 Å². The molecule has 1 N–H and O–H groups in total. The molecule has 0 radical (unpaired) electrons. The van der Waals surface area contributed by atoms with Gasteiger partial charge in [0.2, 0.25) is 0 Å². The number of rotatable bonds is 2. The molecule has 0 fully saturated rings. The van der Waals surface area contributed by atoms with Crippen molar-refractivity contribution >= 4 is 0 Å². The van der Waals surface area contributed by atoms with E-state index in [0.717, 1.165) is 0 Å². The van der Waals surface area contributed by atoms with Crippen LogP contribution in [0.1, 0.15) is 54.9 Å². The van der Waals surface area contributed by atoms with Gasteiger partial charge in [0.1, 0.15) is 0 Å². The van der Waals surface area contributed by atoms with E-state index in [-0.39, 0.29) is 6.10 Å². The van der Waals surface area contributed by atoms with Gasteiger partial charge in [0.15, 0.2) is 0 Å². The summed E-state index contributed by atoms with van der Waals surface area (Å²) in [4.78, 5) is 0. The highest BCUT2D eigenvalue weighted by Crippen LogP contribution is 1.79. The Morgan fingerprint density at radius 3 is 1.11 bits per heavy atom. The summed E-state index contributed by atoms with van der Waals surface area (Å²) >= 11 is 0. The monoisotopic (exact) mass is 272 g/mol. The normalized spacial score (nSPS) is 8.68. The second-order valence-electron chi connectivity index (χ2n) is 3.17. The minimum atomic E-state index is -0.324. The van der Waals surface area contributed by atoms with Crippen LogP contribution in [0.3, 0.4) is 0 Å². The summed E-state index contributed by atoms with van der Waals surface area (Å²) in [6.45, 7) is 14.4. The van der Waals surface area contributed by atoms with Gasteiger partial charge in [-0.15, -0.1) is 0 Å². The number of hydrogen-bond donors (Lipinski definition) is 1. The Morgan fingerprint density at radius 1 is 0.842 bits per heavy atom. The van der Waals surface area contributed by atoms with E-state index in [1.165, 1.54) is 6.42 Å². The van der Waals surface area contributed by atoms with E-state index >= 15 is 0 Å². The van der Waals surface area contributed by atoms with Gasteiger partial charge in [0.25, 0.3) is 0 Å². The van der Waals surface area contributed by atoms with Crippen LogP contribution in [-0.2, 0) is 4.74 Å². The topological polar surface area (TPSA) is 29.5 Å². The van der Waals surface area contributed by atoms with Crippen molar-refractivity contribution in [2.24, 2.45) is 0 Å². The van der Waals surface area contributed by atoms with Crippen LogP contribution in [0.2, 0.25) is 0 Å². The van der Waals surface area contributed by atoms with Crippen LogP contribution < -0.4 is 0 Å². The van der Waals surface area contributed by atoms with Crippen LogP contribution in [0.25, 0.3) is 0 Å². The molecular formula is C17H36O2. The van der Waals surface area contributed by atoms with Crippen LogP contribution >= 0.6 is 0 Å². The zero-order valence-electron chi connectivity index (χ0n) is 14.3. The van der Waals surface area contributed by atoms with Gasteiger partial charge in [-0.3, -0.25) is 0 Å². The average Bonchev–Trinajstić information content (AvgIpc) is 2.46. The number of ether oxygens (including phenoxy) is 1. The van der Waals surface area contributed by atoms with Crippen LogP contribution in [0, 0.1) is 0 Å². The van der Waals surface area contributed by atoms with Crippen LogP contribution in [-0.4, -0.2) is 24.9 Å². The third-order valence-corrected chi connectivity index (χ3v) is 1.07. The third-order valence-electron chi connectivity index (χ3n) is 1.07. The quantitative estimate of drug-likeness (QED) is 0.805. The summed E-state index contributed by atoms with van der Waals surface area (Å²) in [5, 5.41) is 8.43. The van der Waals surface area contributed by atoms with Gasteiger partial charge in [-0.2, -0.15) is 0 Å². The molecule has 116 valence electrons. The molecule has 1 rings (SSSR count). The molecule has 0 heterocycles. The molecule has 1 unspecified atom stereocenters. The smallest absolute Gasteiger partial charge is 0.0745 e. The third kappa shape index (κ3) is 59.3. The SMILES string of the molecule is CC.CC.CCC.COCC(C)O.c1ccccc1. The van der Waals surface area contributed by atoms with E-state index in [1.54, 1.807) is 14.0 Å². The zero-order chi connectivity index (χ0) is 15.9. The van der Waals surface area contributed by atoms with E-state index in [4.69, 9.17) is 5.11 Å². The lowest BCUT2D eigenvalue weighted by atomic mass is 10.4. The van der Waals surface area contributed by atoms with Crippen molar-refractivity contribution in [1.29, 1.82) is 0 Å². The molecular weight excluding hydrogens is 236 g/mol. The maximum atomic E-state index is 8.43. The first kappa shape index (κ1) is 26.7. The molecule has 1 aromatic rings. The molecule has 19 heavy (non-hydrogen) atoms. The minimum absolute atomic E-state index is 0.324. The lowest BCUT2D eigenvalue weighted by Gasteiger charge is -1.97. The van der Waals surface area contributed by atoms with E-state index < -0.39 is 0 Å². The predicted octanol–water partition coefficient (Wildman–Crippen LogP) is 5.17. The van der Waals surface area contributed by atoms with E-state index in [9.17, 15) is 0 Å². The van der Waals surface area contributed by atoms with Crippen molar-refractivity contribution < 1.29 is 9.84 Å². The Labute approximate surface area is 121 Å². The van der Waals surface area contributed by atoms with Crippen molar-refractivity contribution in [2.75, 3.05) is 13.7 Å². The number of methoxy groups -OCH3 is 1. The van der Waals surface area contributed by atoms with E-state index in [1.807, 2.05) is 64.1 Å². The van der Waals surface area contributed by atoms with Crippen LogP contribution in [0.15, 0.2) is 36.4 Å². The number of aliphatic hydroxyl groups is 1. The van der Waals surface area contributed by atoms with Crippen LogP contribution in [0.5, 0.6) is 0 Å². The predicted molar refractivity (Wildman–Crippen MR) is 88.7 cm³/mol. The molecule has 0 bridgehead atoms. The van der Waals surface area contributed by atoms with Gasteiger partial charge in [-0.05, 0) is 6.92 Å². The summed E-state index contributed by atoms with van der Waals surface area (Å²) in [5.41, 5.74) is 0. The van der Waals surface area contributed by atoms with Crippen molar-refractivity contribution in [2.45, 2.75) is 61.0 Å². The average molecular weight is 272 g/mol. The van der Waals surface area contributed by atoms with Gasteiger partial charge in [0, 0.05) is 7.11 Å². The molecule has 0 aliphatic rings. The molecule has 0 saturated carbocycles.